The number of pyridine rings is 1. The number of amides is 1. The highest BCUT2D eigenvalue weighted by atomic mass is 19.4. The molecular formula is C24H18F6N2O2. The van der Waals surface area contributed by atoms with Gasteiger partial charge in [0.05, 0.1) is 23.2 Å². The number of ketones is 1. The predicted molar refractivity (Wildman–Crippen MR) is 112 cm³/mol. The summed E-state index contributed by atoms with van der Waals surface area (Å²) in [5, 5.41) is 1.75. The van der Waals surface area contributed by atoms with Gasteiger partial charge in [-0.15, -0.1) is 0 Å². The van der Waals surface area contributed by atoms with E-state index in [2.05, 4.69) is 4.98 Å². The maximum Gasteiger partial charge on any atom is 0.417 e. The third-order valence-electron chi connectivity index (χ3n) is 4.90. The third kappa shape index (κ3) is 5.81. The number of nitrogens with one attached hydrogen (secondary N) is 1. The first-order valence-electron chi connectivity index (χ1n) is 9.95. The molecule has 1 N–H and O–H groups in total. The fourth-order valence-corrected chi connectivity index (χ4v) is 3.26. The predicted octanol–water partition coefficient (Wildman–Crippen LogP) is 5.56. The Bertz CT molecular complexity index is 1210. The lowest BCUT2D eigenvalue weighted by molar-refractivity contribution is -0.138. The molecule has 0 fully saturated rings. The molecule has 1 heterocycles. The highest BCUT2D eigenvalue weighted by Crippen LogP contribution is 2.34. The molecule has 0 saturated heterocycles. The van der Waals surface area contributed by atoms with E-state index in [0.29, 0.717) is 17.3 Å². The van der Waals surface area contributed by atoms with Crippen LogP contribution in [0.5, 0.6) is 0 Å². The van der Waals surface area contributed by atoms with Crippen molar-refractivity contribution < 1.29 is 35.9 Å². The lowest BCUT2D eigenvalue weighted by Gasteiger charge is -2.19. The molecule has 1 amide bonds. The van der Waals surface area contributed by atoms with E-state index in [1.807, 2.05) is 0 Å². The summed E-state index contributed by atoms with van der Waals surface area (Å²) >= 11 is 0. The van der Waals surface area contributed by atoms with Crippen molar-refractivity contribution in [3.05, 3.63) is 89.0 Å². The normalized spacial score (nSPS) is 11.9. The van der Waals surface area contributed by atoms with Crippen LogP contribution < -0.4 is 5.32 Å². The minimum Gasteiger partial charge on any atom is -0.346 e. The summed E-state index contributed by atoms with van der Waals surface area (Å²) in [6, 6.07) is 9.82. The van der Waals surface area contributed by atoms with E-state index in [-0.39, 0.29) is 17.8 Å². The van der Waals surface area contributed by atoms with Gasteiger partial charge in [0, 0.05) is 23.9 Å². The molecule has 0 unspecified atom stereocenters. The molecule has 0 radical (unpaired) electrons. The zero-order chi connectivity index (χ0) is 25.1. The van der Waals surface area contributed by atoms with Gasteiger partial charge in [-0.2, -0.15) is 22.0 Å². The average molecular weight is 480 g/mol. The summed E-state index contributed by atoms with van der Waals surface area (Å²) in [4.78, 5) is 27.4. The first kappa shape index (κ1) is 24.9. The lowest BCUT2D eigenvalue weighted by atomic mass is 10.0. The first-order chi connectivity index (χ1) is 15.9. The molecule has 3 rings (SSSR count). The first-order valence-corrected chi connectivity index (χ1v) is 9.95. The van der Waals surface area contributed by atoms with Gasteiger partial charge in [-0.05, 0) is 42.8 Å². The number of Topliss-reactive ketones (excluding diaryl/α,β-unsaturated/α-hetero) is 1. The second kappa shape index (κ2) is 9.66. The Hall–Kier alpha value is -3.69. The molecule has 0 aliphatic carbocycles. The van der Waals surface area contributed by atoms with Crippen molar-refractivity contribution in [2.75, 3.05) is 6.54 Å². The molecule has 1 aromatic heterocycles. The van der Waals surface area contributed by atoms with E-state index < -0.39 is 47.1 Å². The van der Waals surface area contributed by atoms with Crippen LogP contribution in [-0.2, 0) is 23.3 Å². The van der Waals surface area contributed by atoms with E-state index in [1.165, 1.54) is 25.3 Å². The fourth-order valence-electron chi connectivity index (χ4n) is 3.26. The van der Waals surface area contributed by atoms with Crippen LogP contribution in [0, 0.1) is 5.82 Å². The molecular weight excluding hydrogens is 462 g/mol. The molecule has 0 aliphatic heterocycles. The number of hydrogen-bond donors (Lipinski definition) is 1. The van der Waals surface area contributed by atoms with Crippen LogP contribution in [0.25, 0.3) is 11.1 Å². The van der Waals surface area contributed by atoms with Crippen molar-refractivity contribution in [2.24, 2.45) is 0 Å². The number of rotatable bonds is 7. The molecule has 10 heteroatoms. The summed E-state index contributed by atoms with van der Waals surface area (Å²) in [7, 11) is 0. The highest BCUT2D eigenvalue weighted by Gasteiger charge is 2.38. The van der Waals surface area contributed by atoms with Crippen LogP contribution in [0.2, 0.25) is 0 Å². The number of nitrogens with zero attached hydrogens (tertiary/aromatic N) is 1. The molecule has 0 atom stereocenters. The summed E-state index contributed by atoms with van der Waals surface area (Å²) in [5.74, 6) is -6.61. The van der Waals surface area contributed by atoms with Gasteiger partial charge in [0.15, 0.2) is 0 Å². The van der Waals surface area contributed by atoms with Crippen molar-refractivity contribution >= 4 is 11.7 Å². The maximum absolute atomic E-state index is 14.6. The lowest BCUT2D eigenvalue weighted by Crippen LogP contribution is -2.36. The van der Waals surface area contributed by atoms with Gasteiger partial charge in [-0.3, -0.25) is 14.6 Å². The Morgan fingerprint density at radius 3 is 2.18 bits per heavy atom. The Kier molecular flexibility index (Phi) is 7.09. The number of aromatic nitrogens is 1. The minimum atomic E-state index is -4.85. The van der Waals surface area contributed by atoms with Crippen molar-refractivity contribution in [2.45, 2.75) is 25.4 Å². The van der Waals surface area contributed by atoms with Gasteiger partial charge >= 0.3 is 6.18 Å². The number of hydrogen-bond acceptors (Lipinski definition) is 3. The summed E-state index contributed by atoms with van der Waals surface area (Å²) in [5.41, 5.74) is -1.93. The zero-order valence-corrected chi connectivity index (χ0v) is 17.7. The van der Waals surface area contributed by atoms with E-state index in [0.717, 1.165) is 24.3 Å². The van der Waals surface area contributed by atoms with E-state index in [4.69, 9.17) is 0 Å². The Labute approximate surface area is 190 Å². The smallest absolute Gasteiger partial charge is 0.346 e. The average Bonchev–Trinajstić information content (AvgIpc) is 2.77. The molecule has 0 bridgehead atoms. The van der Waals surface area contributed by atoms with Gasteiger partial charge in [0.2, 0.25) is 0 Å². The van der Waals surface area contributed by atoms with Gasteiger partial charge in [-0.1, -0.05) is 24.3 Å². The Morgan fingerprint density at radius 1 is 0.912 bits per heavy atom. The van der Waals surface area contributed by atoms with E-state index in [1.54, 1.807) is 17.4 Å². The third-order valence-corrected chi connectivity index (χ3v) is 4.90. The quantitative estimate of drug-likeness (QED) is 0.451. The summed E-state index contributed by atoms with van der Waals surface area (Å²) in [6.45, 7) is -0.00300. The Morgan fingerprint density at radius 2 is 1.59 bits per heavy atom. The van der Waals surface area contributed by atoms with E-state index in [9.17, 15) is 35.9 Å². The molecule has 0 spiro atoms. The number of alkyl halides is 5. The second-order valence-electron chi connectivity index (χ2n) is 7.54. The Balaban J connectivity index is 1.76. The highest BCUT2D eigenvalue weighted by molar-refractivity contribution is 5.95. The van der Waals surface area contributed by atoms with E-state index >= 15 is 0 Å². The van der Waals surface area contributed by atoms with Gasteiger partial charge in [0.1, 0.15) is 11.6 Å². The maximum atomic E-state index is 14.6. The molecule has 178 valence electrons. The van der Waals surface area contributed by atoms with Crippen LogP contribution in [0.4, 0.5) is 26.3 Å². The van der Waals surface area contributed by atoms with Gasteiger partial charge < -0.3 is 5.32 Å². The van der Waals surface area contributed by atoms with Gasteiger partial charge in [0.25, 0.3) is 11.8 Å². The largest absolute Gasteiger partial charge is 0.417 e. The molecule has 3 aromatic rings. The van der Waals surface area contributed by atoms with Crippen LogP contribution in [-0.4, -0.2) is 23.2 Å². The summed E-state index contributed by atoms with van der Waals surface area (Å²) < 4.78 is 83.0. The fraction of sp³-hybridized carbons (Fsp3) is 0.208. The molecule has 2 aromatic carbocycles. The number of carbonyl (C=O) groups is 2. The number of carbonyl (C=O) groups excluding carboxylic acids is 2. The number of benzene rings is 2. The standard InChI is InChI=1S/C24H18F6N2O2/c1-14(33)10-17-8-6-16(12-31-17)15-7-9-20(21(25)11-15)23(26,27)13-32-22(34)18-4-2-3-5-19(18)24(28,29)30/h2-9,11-12H,10,13H2,1H3,(H,32,34). The molecule has 34 heavy (non-hydrogen) atoms. The minimum absolute atomic E-state index is 0.0909. The van der Waals surface area contributed by atoms with Gasteiger partial charge in [-0.25, -0.2) is 4.39 Å². The van der Waals surface area contributed by atoms with Crippen LogP contribution >= 0.6 is 0 Å². The van der Waals surface area contributed by atoms with Crippen molar-refractivity contribution in [1.29, 1.82) is 0 Å². The molecule has 0 saturated carbocycles. The summed E-state index contributed by atoms with van der Waals surface area (Å²) in [6.07, 6.45) is -3.35. The van der Waals surface area contributed by atoms with Crippen molar-refractivity contribution in [3.8, 4) is 11.1 Å². The number of halogens is 6. The van der Waals surface area contributed by atoms with Crippen molar-refractivity contribution in [1.82, 2.24) is 10.3 Å². The van der Waals surface area contributed by atoms with Crippen LogP contribution in [0.3, 0.4) is 0 Å². The van der Waals surface area contributed by atoms with Crippen LogP contribution in [0.1, 0.15) is 34.1 Å². The van der Waals surface area contributed by atoms with Crippen molar-refractivity contribution in [3.63, 3.8) is 0 Å². The topological polar surface area (TPSA) is 59.1 Å². The molecule has 0 aliphatic rings. The monoisotopic (exact) mass is 480 g/mol. The zero-order valence-electron chi connectivity index (χ0n) is 17.7. The second-order valence-corrected chi connectivity index (χ2v) is 7.54. The molecule has 4 nitrogen and oxygen atoms in total. The van der Waals surface area contributed by atoms with Crippen LogP contribution in [0.15, 0.2) is 60.8 Å². The SMILES string of the molecule is CC(=O)Cc1ccc(-c2ccc(C(F)(F)CNC(=O)c3ccccc3C(F)(F)F)c(F)c2)cn1.